The molecule has 0 aromatic heterocycles. The highest BCUT2D eigenvalue weighted by molar-refractivity contribution is 9.10. The van der Waals surface area contributed by atoms with Gasteiger partial charge in [-0.2, -0.15) is 0 Å². The summed E-state index contributed by atoms with van der Waals surface area (Å²) in [6, 6.07) is 5.92. The lowest BCUT2D eigenvalue weighted by molar-refractivity contribution is -0.137. The number of likely N-dealkylation sites (N-methyl/N-ethyl adjacent to an activating group) is 1. The van der Waals surface area contributed by atoms with Gasteiger partial charge in [-0.1, -0.05) is 15.9 Å². The molecule has 1 aliphatic heterocycles. The summed E-state index contributed by atoms with van der Waals surface area (Å²) in [5, 5.41) is 8.66. The summed E-state index contributed by atoms with van der Waals surface area (Å²) in [4.78, 5) is 12.5. The number of carbonyl (C=O) groups is 1. The quantitative estimate of drug-likeness (QED) is 0.904. The second kappa shape index (κ2) is 6.21. The first kappa shape index (κ1) is 14.1. The van der Waals surface area contributed by atoms with Gasteiger partial charge in [-0.05, 0) is 36.9 Å². The van der Waals surface area contributed by atoms with Gasteiger partial charge in [0.1, 0.15) is 12.4 Å². The van der Waals surface area contributed by atoms with Crippen LogP contribution in [0.25, 0.3) is 6.08 Å². The Morgan fingerprint density at radius 3 is 3.05 bits per heavy atom. The van der Waals surface area contributed by atoms with Crippen molar-refractivity contribution in [1.82, 2.24) is 4.90 Å². The minimum absolute atomic E-state index is 0.159. The van der Waals surface area contributed by atoms with E-state index in [1.54, 1.807) is 0 Å². The van der Waals surface area contributed by atoms with Gasteiger partial charge in [0.2, 0.25) is 0 Å². The summed E-state index contributed by atoms with van der Waals surface area (Å²) >= 11 is 3.44. The molecule has 0 bridgehead atoms. The highest BCUT2D eigenvalue weighted by atomic mass is 79.9. The van der Waals surface area contributed by atoms with Crippen molar-refractivity contribution in [2.24, 2.45) is 0 Å². The van der Waals surface area contributed by atoms with Crippen LogP contribution in [-0.4, -0.2) is 42.7 Å². The number of halogens is 1. The van der Waals surface area contributed by atoms with E-state index in [1.807, 2.05) is 30.1 Å². The van der Waals surface area contributed by atoms with Gasteiger partial charge in [0, 0.05) is 23.1 Å². The first-order chi connectivity index (χ1) is 9.04. The molecule has 1 heterocycles. The Hall–Kier alpha value is -1.33. The molecule has 0 amide bonds. The molecule has 0 spiro atoms. The van der Waals surface area contributed by atoms with Gasteiger partial charge in [0.25, 0.3) is 0 Å². The third kappa shape index (κ3) is 4.08. The molecule has 0 saturated carbocycles. The molecule has 0 saturated heterocycles. The number of nitrogens with zero attached hydrogens (tertiary/aromatic N) is 1. The number of hydrogen-bond acceptors (Lipinski definition) is 3. The number of carboxylic acids is 1. The minimum atomic E-state index is -0.769. The summed E-state index contributed by atoms with van der Waals surface area (Å²) in [6.07, 6.45) is 2.27. The zero-order valence-electron chi connectivity index (χ0n) is 10.7. The van der Waals surface area contributed by atoms with Crippen LogP contribution in [0.4, 0.5) is 0 Å². The SMILES string of the molecule is CN(CCC(=O)O)CC1=Cc2cc(Br)ccc2OC1. The molecule has 1 N–H and O–H groups in total. The van der Waals surface area contributed by atoms with E-state index in [9.17, 15) is 4.79 Å². The zero-order valence-corrected chi connectivity index (χ0v) is 12.3. The van der Waals surface area contributed by atoms with E-state index in [2.05, 4.69) is 22.0 Å². The molecular formula is C14H16BrNO3. The molecule has 102 valence electrons. The van der Waals surface area contributed by atoms with Crippen LogP contribution in [0, 0.1) is 0 Å². The molecule has 5 heteroatoms. The molecule has 2 rings (SSSR count). The third-order valence-corrected chi connectivity index (χ3v) is 3.42. The van der Waals surface area contributed by atoms with Crippen molar-refractivity contribution in [3.63, 3.8) is 0 Å². The van der Waals surface area contributed by atoms with E-state index < -0.39 is 5.97 Å². The zero-order chi connectivity index (χ0) is 13.8. The average Bonchev–Trinajstić information content (AvgIpc) is 2.36. The number of ether oxygens (including phenoxy) is 1. The van der Waals surface area contributed by atoms with Gasteiger partial charge in [-0.3, -0.25) is 4.79 Å². The van der Waals surface area contributed by atoms with Crippen LogP contribution in [-0.2, 0) is 4.79 Å². The molecule has 0 radical (unpaired) electrons. The fraction of sp³-hybridized carbons (Fsp3) is 0.357. The molecule has 0 atom stereocenters. The van der Waals surface area contributed by atoms with Gasteiger partial charge in [0.15, 0.2) is 0 Å². The first-order valence-corrected chi connectivity index (χ1v) is 6.86. The first-order valence-electron chi connectivity index (χ1n) is 6.07. The largest absolute Gasteiger partial charge is 0.489 e. The van der Waals surface area contributed by atoms with E-state index in [-0.39, 0.29) is 6.42 Å². The van der Waals surface area contributed by atoms with Gasteiger partial charge in [0.05, 0.1) is 6.42 Å². The lowest BCUT2D eigenvalue weighted by Crippen LogP contribution is -2.26. The second-order valence-electron chi connectivity index (χ2n) is 4.65. The van der Waals surface area contributed by atoms with Crippen LogP contribution in [0.2, 0.25) is 0 Å². The number of aliphatic carboxylic acids is 1. The predicted octanol–water partition coefficient (Wildman–Crippen LogP) is 2.63. The maximum absolute atomic E-state index is 10.5. The summed E-state index contributed by atoms with van der Waals surface area (Å²) in [6.45, 7) is 1.82. The van der Waals surface area contributed by atoms with Crippen LogP contribution in [0.5, 0.6) is 5.75 Å². The molecule has 4 nitrogen and oxygen atoms in total. The van der Waals surface area contributed by atoms with Crippen LogP contribution in [0.15, 0.2) is 28.2 Å². The third-order valence-electron chi connectivity index (χ3n) is 2.92. The van der Waals surface area contributed by atoms with Gasteiger partial charge < -0.3 is 14.7 Å². The predicted molar refractivity (Wildman–Crippen MR) is 77.4 cm³/mol. The fourth-order valence-corrected chi connectivity index (χ4v) is 2.38. The fourth-order valence-electron chi connectivity index (χ4n) is 2.00. The van der Waals surface area contributed by atoms with Crippen LogP contribution >= 0.6 is 15.9 Å². The molecule has 0 fully saturated rings. The Balaban J connectivity index is 2.00. The van der Waals surface area contributed by atoms with Crippen molar-refractivity contribution in [1.29, 1.82) is 0 Å². The Kier molecular flexibility index (Phi) is 4.61. The highest BCUT2D eigenvalue weighted by Gasteiger charge is 2.13. The smallest absolute Gasteiger partial charge is 0.304 e. The lowest BCUT2D eigenvalue weighted by atomic mass is 10.1. The van der Waals surface area contributed by atoms with E-state index in [1.165, 1.54) is 0 Å². The van der Waals surface area contributed by atoms with Crippen molar-refractivity contribution >= 4 is 28.0 Å². The number of hydrogen-bond donors (Lipinski definition) is 1. The Morgan fingerprint density at radius 2 is 2.32 bits per heavy atom. The van der Waals surface area contributed by atoms with Gasteiger partial charge in [-0.25, -0.2) is 0 Å². The minimum Gasteiger partial charge on any atom is -0.489 e. The second-order valence-corrected chi connectivity index (χ2v) is 5.57. The highest BCUT2D eigenvalue weighted by Crippen LogP contribution is 2.29. The Bertz CT molecular complexity index is 513. The van der Waals surface area contributed by atoms with Crippen molar-refractivity contribution in [2.45, 2.75) is 6.42 Å². The molecular weight excluding hydrogens is 310 g/mol. The summed E-state index contributed by atoms with van der Waals surface area (Å²) in [5.74, 6) is 0.120. The summed E-state index contributed by atoms with van der Waals surface area (Å²) in [5.41, 5.74) is 2.21. The average molecular weight is 326 g/mol. The monoisotopic (exact) mass is 325 g/mol. The number of rotatable bonds is 5. The molecule has 0 unspecified atom stereocenters. The maximum Gasteiger partial charge on any atom is 0.304 e. The van der Waals surface area contributed by atoms with Crippen LogP contribution in [0.1, 0.15) is 12.0 Å². The van der Waals surface area contributed by atoms with E-state index in [0.29, 0.717) is 13.2 Å². The number of benzene rings is 1. The van der Waals surface area contributed by atoms with E-state index in [0.717, 1.165) is 27.9 Å². The van der Waals surface area contributed by atoms with Gasteiger partial charge in [-0.15, -0.1) is 0 Å². The van der Waals surface area contributed by atoms with Crippen LogP contribution in [0.3, 0.4) is 0 Å². The van der Waals surface area contributed by atoms with E-state index in [4.69, 9.17) is 9.84 Å². The topological polar surface area (TPSA) is 49.8 Å². The Labute approximate surface area is 120 Å². The maximum atomic E-state index is 10.5. The van der Waals surface area contributed by atoms with E-state index >= 15 is 0 Å². The molecule has 1 aliphatic rings. The van der Waals surface area contributed by atoms with Gasteiger partial charge >= 0.3 is 5.97 Å². The summed E-state index contributed by atoms with van der Waals surface area (Å²) < 4.78 is 6.71. The molecule has 19 heavy (non-hydrogen) atoms. The number of carboxylic acid groups (broad SMARTS) is 1. The molecule has 1 aromatic rings. The van der Waals surface area contributed by atoms with Crippen molar-refractivity contribution in [2.75, 3.05) is 26.7 Å². The van der Waals surface area contributed by atoms with Crippen molar-refractivity contribution in [3.8, 4) is 5.75 Å². The Morgan fingerprint density at radius 1 is 1.53 bits per heavy atom. The lowest BCUT2D eigenvalue weighted by Gasteiger charge is -2.22. The van der Waals surface area contributed by atoms with Crippen LogP contribution < -0.4 is 4.74 Å². The summed E-state index contributed by atoms with van der Waals surface area (Å²) in [7, 11) is 1.92. The van der Waals surface area contributed by atoms with Crippen molar-refractivity contribution < 1.29 is 14.6 Å². The standard InChI is InChI=1S/C14H16BrNO3/c1-16(5-4-14(17)18)8-10-6-11-7-12(15)2-3-13(11)19-9-10/h2-3,6-7H,4-5,8-9H2,1H3,(H,17,18). The molecule has 1 aromatic carbocycles. The number of fused-ring (bicyclic) bond motifs is 1. The molecule has 0 aliphatic carbocycles. The van der Waals surface area contributed by atoms with Crippen molar-refractivity contribution in [3.05, 3.63) is 33.8 Å². The normalized spacial score (nSPS) is 13.7.